The Bertz CT molecular complexity index is 606. The van der Waals surface area contributed by atoms with Crippen LogP contribution in [0.4, 0.5) is 0 Å². The van der Waals surface area contributed by atoms with Crippen LogP contribution in [-0.2, 0) is 4.74 Å². The van der Waals surface area contributed by atoms with Crippen molar-refractivity contribution in [2.45, 2.75) is 0 Å². The summed E-state index contributed by atoms with van der Waals surface area (Å²) in [5.74, 6) is -1.25. The summed E-state index contributed by atoms with van der Waals surface area (Å²) in [6, 6.07) is 6.60. The van der Waals surface area contributed by atoms with E-state index in [1.807, 2.05) is 0 Å². The molecular weight excluding hydrogens is 236 g/mol. The van der Waals surface area contributed by atoms with Gasteiger partial charge in [-0.05, 0) is 6.07 Å². The zero-order valence-corrected chi connectivity index (χ0v) is 9.51. The maximum atomic E-state index is 11.6. The maximum absolute atomic E-state index is 11.6. The van der Waals surface area contributed by atoms with Gasteiger partial charge in [-0.15, -0.1) is 0 Å². The van der Waals surface area contributed by atoms with Gasteiger partial charge in [-0.2, -0.15) is 15.4 Å². The van der Waals surface area contributed by atoms with E-state index in [0.717, 1.165) is 0 Å². The van der Waals surface area contributed by atoms with Crippen LogP contribution in [0.3, 0.4) is 0 Å². The first kappa shape index (κ1) is 11.8. The van der Waals surface area contributed by atoms with Crippen molar-refractivity contribution in [3.63, 3.8) is 0 Å². The van der Waals surface area contributed by atoms with Crippen LogP contribution < -0.4 is 5.73 Å². The Morgan fingerprint density at radius 1 is 1.28 bits per heavy atom. The number of rotatable bonds is 3. The van der Waals surface area contributed by atoms with Crippen molar-refractivity contribution in [1.82, 2.24) is 15.4 Å². The molecule has 0 aliphatic carbocycles. The van der Waals surface area contributed by atoms with Gasteiger partial charge in [0.2, 0.25) is 0 Å². The summed E-state index contributed by atoms with van der Waals surface area (Å²) in [6.07, 6.45) is 0. The summed E-state index contributed by atoms with van der Waals surface area (Å²) in [6.45, 7) is 0. The molecule has 7 nitrogen and oxygen atoms in total. The van der Waals surface area contributed by atoms with E-state index in [4.69, 9.17) is 5.73 Å². The van der Waals surface area contributed by atoms with Crippen LogP contribution >= 0.6 is 0 Å². The Hall–Kier alpha value is -2.70. The second-order valence-electron chi connectivity index (χ2n) is 3.42. The molecule has 0 saturated heterocycles. The van der Waals surface area contributed by atoms with Crippen LogP contribution in [0.1, 0.15) is 20.8 Å². The predicted molar refractivity (Wildman–Crippen MR) is 61.7 cm³/mol. The number of aromatic nitrogens is 3. The number of carbonyl (C=O) groups excluding carboxylic acids is 2. The summed E-state index contributed by atoms with van der Waals surface area (Å²) in [5, 5.41) is 9.81. The van der Waals surface area contributed by atoms with Gasteiger partial charge in [-0.1, -0.05) is 18.2 Å². The molecule has 0 bridgehead atoms. The number of nitrogens with two attached hydrogens (primary N) is 1. The van der Waals surface area contributed by atoms with E-state index in [-0.39, 0.29) is 17.0 Å². The number of ether oxygens (including phenoxy) is 1. The minimum atomic E-state index is -0.724. The average Bonchev–Trinajstić information content (AvgIpc) is 2.87. The van der Waals surface area contributed by atoms with Gasteiger partial charge in [0.1, 0.15) is 5.69 Å². The summed E-state index contributed by atoms with van der Waals surface area (Å²) >= 11 is 0. The monoisotopic (exact) mass is 246 g/mol. The predicted octanol–water partition coefficient (Wildman–Crippen LogP) is 0.357. The Balaban J connectivity index is 2.60. The van der Waals surface area contributed by atoms with E-state index in [9.17, 15) is 9.59 Å². The number of primary amides is 1. The highest BCUT2D eigenvalue weighted by atomic mass is 16.5. The first-order chi connectivity index (χ1) is 8.65. The Kier molecular flexibility index (Phi) is 3.05. The van der Waals surface area contributed by atoms with Gasteiger partial charge in [-0.3, -0.25) is 4.79 Å². The van der Waals surface area contributed by atoms with E-state index >= 15 is 0 Å². The molecule has 18 heavy (non-hydrogen) atoms. The lowest BCUT2D eigenvalue weighted by Gasteiger charge is -2.05. The number of hydrogen-bond acceptors (Lipinski definition) is 5. The minimum Gasteiger partial charge on any atom is -0.465 e. The van der Waals surface area contributed by atoms with E-state index in [1.165, 1.54) is 7.11 Å². The van der Waals surface area contributed by atoms with Crippen molar-refractivity contribution in [3.8, 4) is 11.3 Å². The number of carbonyl (C=O) groups is 2. The standard InChI is InChI=1S/C11H10N4O3/c1-18-11(17)7-5-3-2-4-6(7)8-9(10(12)16)14-15-13-8/h2-5H,1H3,(H2,12,16)(H,13,14,15). The van der Waals surface area contributed by atoms with E-state index in [2.05, 4.69) is 20.1 Å². The van der Waals surface area contributed by atoms with Crippen LogP contribution in [0.15, 0.2) is 24.3 Å². The third-order valence-electron chi connectivity index (χ3n) is 2.37. The average molecular weight is 246 g/mol. The third kappa shape index (κ3) is 1.93. The second-order valence-corrected chi connectivity index (χ2v) is 3.42. The Labute approximate surface area is 102 Å². The Morgan fingerprint density at radius 2 is 2.00 bits per heavy atom. The van der Waals surface area contributed by atoms with Crippen molar-refractivity contribution in [2.75, 3.05) is 7.11 Å². The molecule has 2 aromatic rings. The van der Waals surface area contributed by atoms with E-state index < -0.39 is 11.9 Å². The zero-order valence-electron chi connectivity index (χ0n) is 9.51. The fourth-order valence-electron chi connectivity index (χ4n) is 1.57. The first-order valence-electron chi connectivity index (χ1n) is 5.03. The summed E-state index contributed by atoms with van der Waals surface area (Å²) in [4.78, 5) is 22.8. The number of amides is 1. The molecule has 0 aliphatic heterocycles. The highest BCUT2D eigenvalue weighted by molar-refractivity contribution is 6.02. The fraction of sp³-hybridized carbons (Fsp3) is 0.0909. The van der Waals surface area contributed by atoms with Crippen molar-refractivity contribution in [3.05, 3.63) is 35.5 Å². The first-order valence-corrected chi connectivity index (χ1v) is 5.03. The number of hydrogen-bond donors (Lipinski definition) is 2. The molecule has 1 aromatic heterocycles. The highest BCUT2D eigenvalue weighted by Crippen LogP contribution is 2.24. The lowest BCUT2D eigenvalue weighted by atomic mass is 10.0. The lowest BCUT2D eigenvalue weighted by molar-refractivity contribution is 0.0601. The molecule has 3 N–H and O–H groups in total. The number of nitrogens with one attached hydrogen (secondary N) is 1. The number of methoxy groups -OCH3 is 1. The van der Waals surface area contributed by atoms with Crippen molar-refractivity contribution < 1.29 is 14.3 Å². The fourth-order valence-corrected chi connectivity index (χ4v) is 1.57. The van der Waals surface area contributed by atoms with Gasteiger partial charge in [-0.25, -0.2) is 4.79 Å². The molecule has 0 radical (unpaired) electrons. The van der Waals surface area contributed by atoms with Crippen LogP contribution in [0.2, 0.25) is 0 Å². The van der Waals surface area contributed by atoms with Crippen LogP contribution in [0, 0.1) is 0 Å². The zero-order chi connectivity index (χ0) is 13.1. The van der Waals surface area contributed by atoms with Crippen molar-refractivity contribution in [1.29, 1.82) is 0 Å². The topological polar surface area (TPSA) is 111 Å². The minimum absolute atomic E-state index is 0.0219. The molecular formula is C11H10N4O3. The van der Waals surface area contributed by atoms with E-state index in [1.54, 1.807) is 24.3 Å². The van der Waals surface area contributed by atoms with Gasteiger partial charge in [0.05, 0.1) is 12.7 Å². The molecule has 0 fully saturated rings. The largest absolute Gasteiger partial charge is 0.465 e. The van der Waals surface area contributed by atoms with Gasteiger partial charge >= 0.3 is 5.97 Å². The molecule has 92 valence electrons. The summed E-state index contributed by atoms with van der Waals surface area (Å²) in [7, 11) is 1.27. The normalized spacial score (nSPS) is 10.1. The van der Waals surface area contributed by atoms with Crippen LogP contribution in [0.25, 0.3) is 11.3 Å². The maximum Gasteiger partial charge on any atom is 0.338 e. The molecule has 1 amide bonds. The summed E-state index contributed by atoms with van der Waals surface area (Å²) < 4.78 is 4.66. The number of nitrogens with zero attached hydrogens (tertiary/aromatic N) is 2. The number of aromatic amines is 1. The number of benzene rings is 1. The van der Waals surface area contributed by atoms with Gasteiger partial charge < -0.3 is 10.5 Å². The molecule has 0 atom stereocenters. The molecule has 0 spiro atoms. The van der Waals surface area contributed by atoms with Crippen LogP contribution in [0.5, 0.6) is 0 Å². The lowest BCUT2D eigenvalue weighted by Crippen LogP contribution is -2.13. The molecule has 1 heterocycles. The van der Waals surface area contributed by atoms with E-state index in [0.29, 0.717) is 5.56 Å². The third-order valence-corrected chi connectivity index (χ3v) is 2.37. The smallest absolute Gasteiger partial charge is 0.338 e. The van der Waals surface area contributed by atoms with Crippen molar-refractivity contribution in [2.24, 2.45) is 5.73 Å². The quantitative estimate of drug-likeness (QED) is 0.759. The van der Waals surface area contributed by atoms with Gasteiger partial charge in [0.15, 0.2) is 5.69 Å². The molecule has 0 unspecified atom stereocenters. The molecule has 1 aromatic carbocycles. The SMILES string of the molecule is COC(=O)c1ccccc1-c1n[nH]nc1C(N)=O. The summed E-state index contributed by atoms with van der Waals surface area (Å²) in [5.41, 5.74) is 6.11. The number of H-pyrrole nitrogens is 1. The number of esters is 1. The highest BCUT2D eigenvalue weighted by Gasteiger charge is 2.20. The molecule has 7 heteroatoms. The van der Waals surface area contributed by atoms with Gasteiger partial charge in [0.25, 0.3) is 5.91 Å². The Morgan fingerprint density at radius 3 is 2.67 bits per heavy atom. The molecule has 0 aliphatic rings. The second kappa shape index (κ2) is 4.66. The van der Waals surface area contributed by atoms with Crippen LogP contribution in [-0.4, -0.2) is 34.4 Å². The molecule has 2 rings (SSSR count). The van der Waals surface area contributed by atoms with Crippen molar-refractivity contribution >= 4 is 11.9 Å². The molecule has 0 saturated carbocycles. The van der Waals surface area contributed by atoms with Gasteiger partial charge in [0, 0.05) is 5.56 Å².